The Labute approximate surface area is 174 Å². The van der Waals surface area contributed by atoms with Crippen molar-refractivity contribution in [2.45, 2.75) is 0 Å². The Kier molecular flexibility index (Phi) is 4.45. The van der Waals surface area contributed by atoms with E-state index in [1.807, 2.05) is 60.7 Å². The molecule has 144 valence electrons. The monoisotopic (exact) mass is 388 g/mol. The third-order valence-corrected chi connectivity index (χ3v) is 5.45. The maximum atomic E-state index is 9.73. The van der Waals surface area contributed by atoms with Crippen molar-refractivity contribution in [3.63, 3.8) is 0 Å². The number of fused-ring (bicyclic) bond motifs is 4. The van der Waals surface area contributed by atoms with Crippen molar-refractivity contribution in [1.29, 1.82) is 0 Å². The lowest BCUT2D eigenvalue weighted by atomic mass is 10.0. The van der Waals surface area contributed by atoms with E-state index < -0.39 is 0 Å². The van der Waals surface area contributed by atoms with Crippen LogP contribution in [0.5, 0.6) is 11.5 Å². The quantitative estimate of drug-likeness (QED) is 0.266. The molecule has 0 amide bonds. The minimum Gasteiger partial charge on any atom is -0.507 e. The molecule has 0 unspecified atom stereocenters. The Hall–Kier alpha value is -4.04. The molecule has 6 rings (SSSR count). The summed E-state index contributed by atoms with van der Waals surface area (Å²) in [5.41, 5.74) is 0. The number of hydrogen-bond acceptors (Lipinski definition) is 2. The Bertz CT molecular complexity index is 1400. The molecule has 0 aromatic heterocycles. The van der Waals surface area contributed by atoms with Gasteiger partial charge in [-0.3, -0.25) is 0 Å². The van der Waals surface area contributed by atoms with Gasteiger partial charge in [0.05, 0.1) is 0 Å². The standard InChI is InChI=1S/2C14H10O/c2*15-14-7-3-6-12-8-10-4-1-2-5-11(10)9-13(12)14/h2*1-9,15H. The molecule has 2 heteroatoms. The molecule has 0 saturated heterocycles. The van der Waals surface area contributed by atoms with Crippen LogP contribution in [0.2, 0.25) is 0 Å². The summed E-state index contributed by atoms with van der Waals surface area (Å²) in [6, 6.07) is 35.8. The molecule has 6 aromatic carbocycles. The fourth-order valence-corrected chi connectivity index (χ4v) is 3.90. The lowest BCUT2D eigenvalue weighted by molar-refractivity contribution is 0.481. The van der Waals surface area contributed by atoms with E-state index in [1.54, 1.807) is 12.1 Å². The van der Waals surface area contributed by atoms with Crippen molar-refractivity contribution in [3.05, 3.63) is 109 Å². The van der Waals surface area contributed by atoms with Crippen molar-refractivity contribution in [1.82, 2.24) is 0 Å². The SMILES string of the molecule is Oc1cccc2cc3ccccc3cc12.Oc1cccc2cc3ccccc3cc12. The summed E-state index contributed by atoms with van der Waals surface area (Å²) in [5, 5.41) is 28.2. The molecule has 0 bridgehead atoms. The van der Waals surface area contributed by atoms with Crippen molar-refractivity contribution >= 4 is 43.1 Å². The van der Waals surface area contributed by atoms with Crippen molar-refractivity contribution in [2.24, 2.45) is 0 Å². The third-order valence-electron chi connectivity index (χ3n) is 5.45. The fourth-order valence-electron chi connectivity index (χ4n) is 3.90. The number of phenolic OH excluding ortho intramolecular Hbond substituents is 2. The fraction of sp³-hybridized carbons (Fsp3) is 0. The predicted octanol–water partition coefficient (Wildman–Crippen LogP) is 7.40. The van der Waals surface area contributed by atoms with Crippen LogP contribution in [0, 0.1) is 0 Å². The first kappa shape index (κ1) is 18.0. The van der Waals surface area contributed by atoms with Gasteiger partial charge in [-0.05, 0) is 68.7 Å². The van der Waals surface area contributed by atoms with E-state index in [2.05, 4.69) is 36.4 Å². The van der Waals surface area contributed by atoms with Crippen LogP contribution in [0.4, 0.5) is 0 Å². The van der Waals surface area contributed by atoms with Crippen molar-refractivity contribution in [2.75, 3.05) is 0 Å². The summed E-state index contributed by atoms with van der Waals surface area (Å²) in [4.78, 5) is 0. The molecule has 0 saturated carbocycles. The van der Waals surface area contributed by atoms with Gasteiger partial charge < -0.3 is 10.2 Å². The number of aromatic hydroxyl groups is 2. The van der Waals surface area contributed by atoms with E-state index in [-0.39, 0.29) is 0 Å². The second-order valence-corrected chi connectivity index (χ2v) is 7.40. The first-order valence-corrected chi connectivity index (χ1v) is 9.90. The zero-order valence-electron chi connectivity index (χ0n) is 16.3. The predicted molar refractivity (Wildman–Crippen MR) is 126 cm³/mol. The Balaban J connectivity index is 0.000000128. The first-order chi connectivity index (χ1) is 14.7. The summed E-state index contributed by atoms with van der Waals surface area (Å²) in [6.45, 7) is 0. The average Bonchev–Trinajstić information content (AvgIpc) is 2.78. The van der Waals surface area contributed by atoms with Crippen LogP contribution < -0.4 is 0 Å². The van der Waals surface area contributed by atoms with Gasteiger partial charge in [-0.25, -0.2) is 0 Å². The lowest BCUT2D eigenvalue weighted by Crippen LogP contribution is -1.76. The van der Waals surface area contributed by atoms with Crippen LogP contribution in [0.25, 0.3) is 43.1 Å². The summed E-state index contributed by atoms with van der Waals surface area (Å²) >= 11 is 0. The van der Waals surface area contributed by atoms with Gasteiger partial charge in [0.1, 0.15) is 11.5 Å². The van der Waals surface area contributed by atoms with E-state index in [9.17, 15) is 10.2 Å². The van der Waals surface area contributed by atoms with Gasteiger partial charge >= 0.3 is 0 Å². The van der Waals surface area contributed by atoms with Crippen molar-refractivity contribution < 1.29 is 10.2 Å². The molecule has 0 aliphatic rings. The Morgan fingerprint density at radius 1 is 0.333 bits per heavy atom. The van der Waals surface area contributed by atoms with E-state index >= 15 is 0 Å². The molecule has 0 fully saturated rings. The Morgan fingerprint density at radius 2 is 0.667 bits per heavy atom. The molecule has 6 aromatic rings. The van der Waals surface area contributed by atoms with E-state index in [0.717, 1.165) is 32.3 Å². The summed E-state index contributed by atoms with van der Waals surface area (Å²) in [6.07, 6.45) is 0. The second kappa shape index (κ2) is 7.41. The van der Waals surface area contributed by atoms with Crippen molar-refractivity contribution in [3.8, 4) is 11.5 Å². The number of rotatable bonds is 0. The van der Waals surface area contributed by atoms with Gasteiger partial charge in [0.15, 0.2) is 0 Å². The van der Waals surface area contributed by atoms with Crippen LogP contribution in [0.15, 0.2) is 109 Å². The first-order valence-electron chi connectivity index (χ1n) is 9.90. The molecule has 0 aliphatic heterocycles. The zero-order chi connectivity index (χ0) is 20.5. The number of hydrogen-bond donors (Lipinski definition) is 2. The molecule has 30 heavy (non-hydrogen) atoms. The molecule has 0 heterocycles. The molecule has 0 atom stereocenters. The zero-order valence-corrected chi connectivity index (χ0v) is 16.3. The second-order valence-electron chi connectivity index (χ2n) is 7.40. The van der Waals surface area contributed by atoms with Gasteiger partial charge in [-0.15, -0.1) is 0 Å². The van der Waals surface area contributed by atoms with Crippen LogP contribution in [0.3, 0.4) is 0 Å². The molecule has 0 spiro atoms. The minimum absolute atomic E-state index is 0.346. The third kappa shape index (κ3) is 3.29. The van der Waals surface area contributed by atoms with Crippen LogP contribution in [-0.4, -0.2) is 10.2 Å². The highest BCUT2D eigenvalue weighted by molar-refractivity contribution is 6.01. The lowest BCUT2D eigenvalue weighted by Gasteiger charge is -2.03. The van der Waals surface area contributed by atoms with Gasteiger partial charge in [0.2, 0.25) is 0 Å². The van der Waals surface area contributed by atoms with Gasteiger partial charge in [0.25, 0.3) is 0 Å². The maximum absolute atomic E-state index is 9.73. The average molecular weight is 388 g/mol. The summed E-state index contributed by atoms with van der Waals surface area (Å²) in [7, 11) is 0. The largest absolute Gasteiger partial charge is 0.507 e. The topological polar surface area (TPSA) is 40.5 Å². The molecule has 2 nitrogen and oxygen atoms in total. The Morgan fingerprint density at radius 3 is 1.07 bits per heavy atom. The van der Waals surface area contributed by atoms with Crippen LogP contribution in [0.1, 0.15) is 0 Å². The molecule has 2 N–H and O–H groups in total. The minimum atomic E-state index is 0.346. The number of benzene rings is 6. The molecular formula is C28H20O2. The highest BCUT2D eigenvalue weighted by atomic mass is 16.3. The normalized spacial score (nSPS) is 10.9. The molecule has 0 radical (unpaired) electrons. The van der Waals surface area contributed by atoms with Crippen LogP contribution in [-0.2, 0) is 0 Å². The highest BCUT2D eigenvalue weighted by Crippen LogP contribution is 2.29. The summed E-state index contributed by atoms with van der Waals surface area (Å²) in [5.74, 6) is 0.691. The highest BCUT2D eigenvalue weighted by Gasteiger charge is 2.01. The number of phenols is 2. The van der Waals surface area contributed by atoms with E-state index in [1.165, 1.54) is 10.8 Å². The van der Waals surface area contributed by atoms with Crippen LogP contribution >= 0.6 is 0 Å². The molecule has 0 aliphatic carbocycles. The molecular weight excluding hydrogens is 368 g/mol. The van der Waals surface area contributed by atoms with Gasteiger partial charge in [-0.2, -0.15) is 0 Å². The van der Waals surface area contributed by atoms with E-state index in [0.29, 0.717) is 11.5 Å². The maximum Gasteiger partial charge on any atom is 0.123 e. The van der Waals surface area contributed by atoms with Gasteiger partial charge in [-0.1, -0.05) is 72.8 Å². The van der Waals surface area contributed by atoms with Gasteiger partial charge in [0, 0.05) is 10.8 Å². The smallest absolute Gasteiger partial charge is 0.123 e. The summed E-state index contributed by atoms with van der Waals surface area (Å²) < 4.78 is 0. The van der Waals surface area contributed by atoms with E-state index in [4.69, 9.17) is 0 Å².